The SMILES string of the molecule is C=CC(C)(CCCCCC)CC(C)C(=O)O. The first-order chi connectivity index (χ1) is 7.45. The van der Waals surface area contributed by atoms with Gasteiger partial charge in [-0.15, -0.1) is 6.58 Å². The van der Waals surface area contributed by atoms with Gasteiger partial charge in [-0.25, -0.2) is 0 Å². The van der Waals surface area contributed by atoms with Crippen molar-refractivity contribution in [2.45, 2.75) is 59.3 Å². The van der Waals surface area contributed by atoms with Crippen molar-refractivity contribution in [3.05, 3.63) is 12.7 Å². The van der Waals surface area contributed by atoms with Gasteiger partial charge in [0.25, 0.3) is 0 Å². The van der Waals surface area contributed by atoms with E-state index in [-0.39, 0.29) is 11.3 Å². The molecule has 1 N–H and O–H groups in total. The molecule has 0 amide bonds. The van der Waals surface area contributed by atoms with Crippen LogP contribution in [0.15, 0.2) is 12.7 Å². The summed E-state index contributed by atoms with van der Waals surface area (Å²) >= 11 is 0. The van der Waals surface area contributed by atoms with Gasteiger partial charge in [0.2, 0.25) is 0 Å². The van der Waals surface area contributed by atoms with Gasteiger partial charge in [-0.1, -0.05) is 52.5 Å². The van der Waals surface area contributed by atoms with Gasteiger partial charge in [-0.05, 0) is 18.3 Å². The van der Waals surface area contributed by atoms with Crippen molar-refractivity contribution in [1.29, 1.82) is 0 Å². The highest BCUT2D eigenvalue weighted by Gasteiger charge is 2.25. The molecule has 0 radical (unpaired) electrons. The summed E-state index contributed by atoms with van der Waals surface area (Å²) in [7, 11) is 0. The van der Waals surface area contributed by atoms with E-state index >= 15 is 0 Å². The topological polar surface area (TPSA) is 37.3 Å². The summed E-state index contributed by atoms with van der Waals surface area (Å²) < 4.78 is 0. The molecule has 0 aromatic carbocycles. The summed E-state index contributed by atoms with van der Waals surface area (Å²) in [5.41, 5.74) is -0.0223. The first-order valence-corrected chi connectivity index (χ1v) is 6.31. The van der Waals surface area contributed by atoms with Crippen LogP contribution in [0.2, 0.25) is 0 Å². The maximum atomic E-state index is 10.8. The number of hydrogen-bond donors (Lipinski definition) is 1. The molecule has 0 aliphatic carbocycles. The first kappa shape index (κ1) is 15.2. The molecule has 0 bridgehead atoms. The summed E-state index contributed by atoms with van der Waals surface area (Å²) in [6, 6.07) is 0. The van der Waals surface area contributed by atoms with E-state index in [4.69, 9.17) is 5.11 Å². The van der Waals surface area contributed by atoms with E-state index in [0.29, 0.717) is 6.42 Å². The number of carboxylic acid groups (broad SMARTS) is 1. The van der Waals surface area contributed by atoms with Crippen molar-refractivity contribution in [2.75, 3.05) is 0 Å². The lowest BCUT2D eigenvalue weighted by Crippen LogP contribution is -2.21. The summed E-state index contributed by atoms with van der Waals surface area (Å²) in [6.07, 6.45) is 8.58. The van der Waals surface area contributed by atoms with Crippen LogP contribution in [0.25, 0.3) is 0 Å². The van der Waals surface area contributed by atoms with E-state index in [2.05, 4.69) is 20.4 Å². The molecule has 0 heterocycles. The number of hydrogen-bond acceptors (Lipinski definition) is 1. The molecule has 94 valence electrons. The third-order valence-corrected chi connectivity index (χ3v) is 3.29. The highest BCUT2D eigenvalue weighted by Crippen LogP contribution is 2.33. The quantitative estimate of drug-likeness (QED) is 0.471. The highest BCUT2D eigenvalue weighted by atomic mass is 16.4. The molecular formula is C14H26O2. The Morgan fingerprint density at radius 1 is 1.44 bits per heavy atom. The monoisotopic (exact) mass is 226 g/mol. The van der Waals surface area contributed by atoms with Gasteiger partial charge in [0.05, 0.1) is 5.92 Å². The van der Waals surface area contributed by atoms with E-state index in [1.54, 1.807) is 6.92 Å². The lowest BCUT2D eigenvalue weighted by molar-refractivity contribution is -0.142. The van der Waals surface area contributed by atoms with Crippen molar-refractivity contribution < 1.29 is 9.90 Å². The number of carboxylic acids is 1. The Labute approximate surface area is 99.7 Å². The van der Waals surface area contributed by atoms with Crippen LogP contribution in [0.1, 0.15) is 59.3 Å². The molecule has 2 nitrogen and oxygen atoms in total. The molecule has 0 rings (SSSR count). The fraction of sp³-hybridized carbons (Fsp3) is 0.786. The molecule has 2 atom stereocenters. The van der Waals surface area contributed by atoms with Crippen molar-refractivity contribution in [2.24, 2.45) is 11.3 Å². The Morgan fingerprint density at radius 3 is 2.50 bits per heavy atom. The molecule has 2 unspecified atom stereocenters. The van der Waals surface area contributed by atoms with Crippen molar-refractivity contribution in [1.82, 2.24) is 0 Å². The zero-order chi connectivity index (χ0) is 12.6. The molecule has 0 aliphatic rings. The number of allylic oxidation sites excluding steroid dienone is 1. The Bertz CT molecular complexity index is 223. The Kier molecular flexibility index (Phi) is 7.11. The molecule has 0 saturated carbocycles. The zero-order valence-corrected chi connectivity index (χ0v) is 11.0. The van der Waals surface area contributed by atoms with Gasteiger partial charge in [-0.3, -0.25) is 4.79 Å². The molecule has 0 aromatic rings. The fourth-order valence-electron chi connectivity index (χ4n) is 2.03. The minimum atomic E-state index is -0.707. The highest BCUT2D eigenvalue weighted by molar-refractivity contribution is 5.69. The first-order valence-electron chi connectivity index (χ1n) is 6.31. The van der Waals surface area contributed by atoms with E-state index in [1.165, 1.54) is 25.7 Å². The van der Waals surface area contributed by atoms with Gasteiger partial charge >= 0.3 is 5.97 Å². The van der Waals surface area contributed by atoms with Gasteiger partial charge in [0, 0.05) is 0 Å². The van der Waals surface area contributed by atoms with Crippen molar-refractivity contribution in [3.8, 4) is 0 Å². The largest absolute Gasteiger partial charge is 0.481 e. The zero-order valence-electron chi connectivity index (χ0n) is 11.0. The van der Waals surface area contributed by atoms with Crippen LogP contribution in [0, 0.1) is 11.3 Å². The minimum absolute atomic E-state index is 0.0223. The third-order valence-electron chi connectivity index (χ3n) is 3.29. The average molecular weight is 226 g/mol. The fourth-order valence-corrected chi connectivity index (χ4v) is 2.03. The van der Waals surface area contributed by atoms with Gasteiger partial charge in [-0.2, -0.15) is 0 Å². The summed E-state index contributed by atoms with van der Waals surface area (Å²) in [5.74, 6) is -0.990. The Balaban J connectivity index is 4.09. The lowest BCUT2D eigenvalue weighted by atomic mass is 9.77. The van der Waals surface area contributed by atoms with Crippen LogP contribution in [-0.2, 0) is 4.79 Å². The van der Waals surface area contributed by atoms with Gasteiger partial charge in [0.15, 0.2) is 0 Å². The van der Waals surface area contributed by atoms with Crippen LogP contribution in [0.4, 0.5) is 0 Å². The predicted octanol–water partition coefficient (Wildman–Crippen LogP) is 4.26. The van der Waals surface area contributed by atoms with Crippen LogP contribution in [-0.4, -0.2) is 11.1 Å². The van der Waals surface area contributed by atoms with Crippen LogP contribution in [0.3, 0.4) is 0 Å². The minimum Gasteiger partial charge on any atom is -0.481 e. The normalized spacial score (nSPS) is 16.4. The van der Waals surface area contributed by atoms with E-state index in [1.807, 2.05) is 6.08 Å². The van der Waals surface area contributed by atoms with Crippen molar-refractivity contribution >= 4 is 5.97 Å². The molecule has 0 fully saturated rings. The summed E-state index contributed by atoms with van der Waals surface area (Å²) in [6.45, 7) is 9.94. The Morgan fingerprint density at radius 2 is 2.06 bits per heavy atom. The van der Waals surface area contributed by atoms with Crippen LogP contribution < -0.4 is 0 Å². The third kappa shape index (κ3) is 5.94. The lowest BCUT2D eigenvalue weighted by Gasteiger charge is -2.27. The average Bonchev–Trinajstić information content (AvgIpc) is 2.24. The Hall–Kier alpha value is -0.790. The second-order valence-corrected chi connectivity index (χ2v) is 5.11. The molecule has 0 saturated heterocycles. The summed E-state index contributed by atoms with van der Waals surface area (Å²) in [5, 5.41) is 8.92. The van der Waals surface area contributed by atoms with Crippen LogP contribution in [0.5, 0.6) is 0 Å². The molecular weight excluding hydrogens is 200 g/mol. The van der Waals surface area contributed by atoms with E-state index < -0.39 is 5.97 Å². The maximum Gasteiger partial charge on any atom is 0.306 e. The second-order valence-electron chi connectivity index (χ2n) is 5.11. The van der Waals surface area contributed by atoms with E-state index in [9.17, 15) is 4.79 Å². The number of rotatable bonds is 9. The summed E-state index contributed by atoms with van der Waals surface area (Å²) in [4.78, 5) is 10.8. The van der Waals surface area contributed by atoms with Crippen LogP contribution >= 0.6 is 0 Å². The number of aliphatic carboxylic acids is 1. The van der Waals surface area contributed by atoms with Gasteiger partial charge in [0.1, 0.15) is 0 Å². The molecule has 0 aliphatic heterocycles. The number of carbonyl (C=O) groups is 1. The van der Waals surface area contributed by atoms with Crippen molar-refractivity contribution in [3.63, 3.8) is 0 Å². The van der Waals surface area contributed by atoms with E-state index in [0.717, 1.165) is 6.42 Å². The maximum absolute atomic E-state index is 10.8. The number of unbranched alkanes of at least 4 members (excludes halogenated alkanes) is 3. The molecule has 0 aromatic heterocycles. The van der Waals surface area contributed by atoms with Gasteiger partial charge < -0.3 is 5.11 Å². The molecule has 2 heteroatoms. The second kappa shape index (κ2) is 7.48. The molecule has 0 spiro atoms. The predicted molar refractivity (Wildman–Crippen MR) is 68.5 cm³/mol. The smallest absolute Gasteiger partial charge is 0.306 e. The molecule has 16 heavy (non-hydrogen) atoms. The standard InChI is InChI=1S/C14H26O2/c1-5-7-8-9-10-14(4,6-2)11-12(3)13(15)16/h6,12H,2,5,7-11H2,1,3-4H3,(H,15,16).